The molecule has 1 heterocycles. The van der Waals surface area contributed by atoms with Crippen molar-refractivity contribution in [2.24, 2.45) is 0 Å². The van der Waals surface area contributed by atoms with Crippen molar-refractivity contribution in [3.8, 4) is 0 Å². The largest absolute Gasteiger partial charge is 0.399 e. The highest BCUT2D eigenvalue weighted by molar-refractivity contribution is 9.10. The Balaban J connectivity index is 2.01. The van der Waals surface area contributed by atoms with Gasteiger partial charge in [-0.3, -0.25) is 9.69 Å². The molecular formula is C15H22BrN3O. The number of piperazine rings is 1. The van der Waals surface area contributed by atoms with E-state index < -0.39 is 0 Å². The van der Waals surface area contributed by atoms with E-state index in [0.29, 0.717) is 17.3 Å². The Kier molecular flexibility index (Phi) is 5.05. The van der Waals surface area contributed by atoms with Crippen LogP contribution in [0.2, 0.25) is 0 Å². The molecule has 2 rings (SSSR count). The number of carbonyl (C=O) groups is 1. The molecular weight excluding hydrogens is 318 g/mol. The normalized spacial score (nSPS) is 18.1. The number of nitrogen functional groups attached to an aromatic ring is 1. The number of nitrogens with two attached hydrogens (primary N) is 1. The van der Waals surface area contributed by atoms with Gasteiger partial charge in [0, 0.05) is 47.9 Å². The van der Waals surface area contributed by atoms with Gasteiger partial charge in [0.2, 0.25) is 0 Å². The molecule has 1 unspecified atom stereocenters. The first-order chi connectivity index (χ1) is 9.51. The van der Waals surface area contributed by atoms with Crippen molar-refractivity contribution in [2.45, 2.75) is 26.3 Å². The third-order valence-electron chi connectivity index (χ3n) is 3.98. The minimum Gasteiger partial charge on any atom is -0.399 e. The summed E-state index contributed by atoms with van der Waals surface area (Å²) in [6.45, 7) is 7.92. The molecule has 1 aromatic rings. The molecule has 1 aliphatic rings. The van der Waals surface area contributed by atoms with Gasteiger partial charge in [-0.05, 0) is 31.5 Å². The predicted molar refractivity (Wildman–Crippen MR) is 85.8 cm³/mol. The summed E-state index contributed by atoms with van der Waals surface area (Å²) in [5.41, 5.74) is 7.07. The number of benzene rings is 1. The summed E-state index contributed by atoms with van der Waals surface area (Å²) in [4.78, 5) is 16.8. The first-order valence-corrected chi connectivity index (χ1v) is 7.90. The van der Waals surface area contributed by atoms with E-state index in [1.54, 1.807) is 12.1 Å². The molecule has 0 saturated carbocycles. The predicted octanol–water partition coefficient (Wildman–Crippen LogP) is 2.59. The van der Waals surface area contributed by atoms with Gasteiger partial charge in [0.25, 0.3) is 5.91 Å². The van der Waals surface area contributed by atoms with Gasteiger partial charge in [0.1, 0.15) is 0 Å². The number of hydrogen-bond acceptors (Lipinski definition) is 3. The number of amides is 1. The molecule has 1 fully saturated rings. The topological polar surface area (TPSA) is 49.6 Å². The van der Waals surface area contributed by atoms with Crippen LogP contribution in [0, 0.1) is 0 Å². The lowest BCUT2D eigenvalue weighted by Crippen LogP contribution is -2.51. The van der Waals surface area contributed by atoms with Crippen LogP contribution in [-0.4, -0.2) is 47.9 Å². The van der Waals surface area contributed by atoms with E-state index in [-0.39, 0.29) is 5.91 Å². The van der Waals surface area contributed by atoms with E-state index in [0.717, 1.165) is 37.1 Å². The van der Waals surface area contributed by atoms with E-state index in [4.69, 9.17) is 5.73 Å². The summed E-state index contributed by atoms with van der Waals surface area (Å²) in [5, 5.41) is 0. The monoisotopic (exact) mass is 339 g/mol. The van der Waals surface area contributed by atoms with Crippen molar-refractivity contribution in [1.82, 2.24) is 9.80 Å². The van der Waals surface area contributed by atoms with E-state index >= 15 is 0 Å². The van der Waals surface area contributed by atoms with Gasteiger partial charge < -0.3 is 10.6 Å². The molecule has 1 saturated heterocycles. The average molecular weight is 340 g/mol. The lowest BCUT2D eigenvalue weighted by molar-refractivity contribution is 0.0579. The second-order valence-electron chi connectivity index (χ2n) is 5.36. The van der Waals surface area contributed by atoms with Crippen LogP contribution >= 0.6 is 15.9 Å². The van der Waals surface area contributed by atoms with Crippen molar-refractivity contribution in [3.05, 3.63) is 28.2 Å². The van der Waals surface area contributed by atoms with Crippen molar-refractivity contribution in [1.29, 1.82) is 0 Å². The van der Waals surface area contributed by atoms with Gasteiger partial charge in [0.15, 0.2) is 0 Å². The minimum atomic E-state index is 0.0711. The fourth-order valence-electron chi connectivity index (χ4n) is 2.54. The number of halogens is 1. The molecule has 4 nitrogen and oxygen atoms in total. The summed E-state index contributed by atoms with van der Waals surface area (Å²) in [6.07, 6.45) is 1.15. The van der Waals surface area contributed by atoms with Crippen LogP contribution in [0.1, 0.15) is 30.6 Å². The molecule has 0 bridgehead atoms. The first kappa shape index (κ1) is 15.3. The Morgan fingerprint density at radius 3 is 2.50 bits per heavy atom. The fourth-order valence-corrected chi connectivity index (χ4v) is 3.05. The highest BCUT2D eigenvalue weighted by Gasteiger charge is 2.24. The Bertz CT molecular complexity index is 464. The van der Waals surface area contributed by atoms with E-state index in [1.807, 2.05) is 11.0 Å². The molecule has 1 aliphatic heterocycles. The average Bonchev–Trinajstić information content (AvgIpc) is 2.45. The maximum Gasteiger partial charge on any atom is 0.254 e. The van der Waals surface area contributed by atoms with Crippen LogP contribution in [-0.2, 0) is 0 Å². The lowest BCUT2D eigenvalue weighted by atomic mass is 10.1. The summed E-state index contributed by atoms with van der Waals surface area (Å²) in [5.74, 6) is 0.0711. The fraction of sp³-hybridized carbons (Fsp3) is 0.533. The standard InChI is InChI=1S/C15H22BrN3O/c1-3-11(2)18-4-6-19(7-5-18)15(20)12-8-13(16)10-14(17)9-12/h8-11H,3-7,17H2,1-2H3. The van der Waals surface area contributed by atoms with Gasteiger partial charge in [-0.2, -0.15) is 0 Å². The summed E-state index contributed by atoms with van der Waals surface area (Å²) >= 11 is 3.38. The van der Waals surface area contributed by atoms with Gasteiger partial charge in [0.05, 0.1) is 0 Å². The van der Waals surface area contributed by atoms with Crippen LogP contribution in [0.5, 0.6) is 0 Å². The molecule has 110 valence electrons. The quantitative estimate of drug-likeness (QED) is 0.861. The highest BCUT2D eigenvalue weighted by atomic mass is 79.9. The molecule has 1 amide bonds. The van der Waals surface area contributed by atoms with Gasteiger partial charge in [-0.25, -0.2) is 0 Å². The van der Waals surface area contributed by atoms with Gasteiger partial charge in [-0.1, -0.05) is 22.9 Å². The Hall–Kier alpha value is -1.07. The zero-order valence-electron chi connectivity index (χ0n) is 12.1. The molecule has 2 N–H and O–H groups in total. The highest BCUT2D eigenvalue weighted by Crippen LogP contribution is 2.19. The van der Waals surface area contributed by atoms with Crippen LogP contribution in [0.4, 0.5) is 5.69 Å². The van der Waals surface area contributed by atoms with Gasteiger partial charge >= 0.3 is 0 Å². The zero-order valence-corrected chi connectivity index (χ0v) is 13.7. The third kappa shape index (κ3) is 3.52. The second kappa shape index (κ2) is 6.59. The van der Waals surface area contributed by atoms with Crippen molar-refractivity contribution in [2.75, 3.05) is 31.9 Å². The number of rotatable bonds is 3. The molecule has 1 aromatic carbocycles. The number of carbonyl (C=O) groups excluding carboxylic acids is 1. The lowest BCUT2D eigenvalue weighted by Gasteiger charge is -2.37. The minimum absolute atomic E-state index is 0.0711. The Labute approximate surface area is 129 Å². The Morgan fingerprint density at radius 1 is 1.30 bits per heavy atom. The van der Waals surface area contributed by atoms with Crippen molar-refractivity contribution >= 4 is 27.5 Å². The van der Waals surface area contributed by atoms with Crippen LogP contribution < -0.4 is 5.73 Å². The Morgan fingerprint density at radius 2 is 1.95 bits per heavy atom. The molecule has 0 aliphatic carbocycles. The first-order valence-electron chi connectivity index (χ1n) is 7.10. The summed E-state index contributed by atoms with van der Waals surface area (Å²) < 4.78 is 0.846. The van der Waals surface area contributed by atoms with Crippen LogP contribution in [0.25, 0.3) is 0 Å². The van der Waals surface area contributed by atoms with E-state index in [9.17, 15) is 4.79 Å². The molecule has 0 radical (unpaired) electrons. The van der Waals surface area contributed by atoms with E-state index in [1.165, 1.54) is 0 Å². The third-order valence-corrected chi connectivity index (χ3v) is 4.44. The van der Waals surface area contributed by atoms with Crippen molar-refractivity contribution in [3.63, 3.8) is 0 Å². The maximum absolute atomic E-state index is 12.5. The second-order valence-corrected chi connectivity index (χ2v) is 6.27. The van der Waals surface area contributed by atoms with E-state index in [2.05, 4.69) is 34.7 Å². The van der Waals surface area contributed by atoms with Crippen LogP contribution in [0.15, 0.2) is 22.7 Å². The molecule has 1 atom stereocenters. The zero-order chi connectivity index (χ0) is 14.7. The molecule has 0 spiro atoms. The SMILES string of the molecule is CCC(C)N1CCN(C(=O)c2cc(N)cc(Br)c2)CC1. The molecule has 5 heteroatoms. The number of hydrogen-bond donors (Lipinski definition) is 1. The van der Waals surface area contributed by atoms with Crippen LogP contribution in [0.3, 0.4) is 0 Å². The summed E-state index contributed by atoms with van der Waals surface area (Å²) in [6, 6.07) is 5.97. The maximum atomic E-state index is 12.5. The van der Waals surface area contributed by atoms with Crippen molar-refractivity contribution < 1.29 is 4.79 Å². The number of nitrogens with zero attached hydrogens (tertiary/aromatic N) is 2. The molecule has 0 aromatic heterocycles. The van der Waals surface area contributed by atoms with Gasteiger partial charge in [-0.15, -0.1) is 0 Å². The molecule has 20 heavy (non-hydrogen) atoms. The smallest absolute Gasteiger partial charge is 0.254 e. The summed E-state index contributed by atoms with van der Waals surface area (Å²) in [7, 11) is 0. The number of anilines is 1.